The maximum Gasteiger partial charge on any atom is 0.511 e. The van der Waals surface area contributed by atoms with Gasteiger partial charge in [-0.3, -0.25) is 9.59 Å². The van der Waals surface area contributed by atoms with E-state index in [1.165, 1.54) is 62.6 Å². The first kappa shape index (κ1) is 58.3. The maximum atomic E-state index is 14.1. The number of sulfone groups is 1. The van der Waals surface area contributed by atoms with E-state index in [0.29, 0.717) is 22.3 Å². The molecule has 0 bridgehead atoms. The normalized spacial score (nSPS) is 13.6. The molecule has 0 radical (unpaired) electrons. The van der Waals surface area contributed by atoms with E-state index in [4.69, 9.17) is 60.8 Å². The molecule has 0 spiro atoms. The Hall–Kier alpha value is -7.63. The molecule has 1 N–H and O–H groups in total. The van der Waals surface area contributed by atoms with Crippen LogP contribution in [0.3, 0.4) is 0 Å². The predicted molar refractivity (Wildman–Crippen MR) is 263 cm³/mol. The summed E-state index contributed by atoms with van der Waals surface area (Å²) in [6.07, 6.45) is -3.62. The van der Waals surface area contributed by atoms with E-state index >= 15 is 0 Å². The Morgan fingerprint density at radius 2 is 1.37 bits per heavy atom. The van der Waals surface area contributed by atoms with Crippen molar-refractivity contribution in [2.24, 2.45) is 5.92 Å². The van der Waals surface area contributed by atoms with Crippen LogP contribution >= 0.6 is 23.2 Å². The summed E-state index contributed by atoms with van der Waals surface area (Å²) in [5.41, 5.74) is 2.12. The molecule has 25 heteroatoms. The lowest BCUT2D eigenvalue weighted by molar-refractivity contribution is -0.170. The first-order valence-electron chi connectivity index (χ1n) is 22.7. The van der Waals surface area contributed by atoms with E-state index in [0.717, 1.165) is 18.6 Å². The number of hydrogen-bond donors (Lipinski definition) is 1. The number of rotatable bonds is 23. The molecule has 1 aliphatic rings. The number of nitrogens with one attached hydrogen (secondary N) is 1. The van der Waals surface area contributed by atoms with Gasteiger partial charge in [-0.2, -0.15) is 0 Å². The van der Waals surface area contributed by atoms with Crippen LogP contribution in [-0.4, -0.2) is 132 Å². The molecule has 0 aliphatic carbocycles. The summed E-state index contributed by atoms with van der Waals surface area (Å²) in [5.74, 6) is -5.67. The zero-order chi connectivity index (χ0) is 55.0. The van der Waals surface area contributed by atoms with Crippen LogP contribution in [0.2, 0.25) is 10.0 Å². The molecule has 1 aliphatic heterocycles. The largest absolute Gasteiger partial charge is 0.511 e. The summed E-state index contributed by atoms with van der Waals surface area (Å²) in [7, 11) is -3.72. The molecule has 0 fully saturated rings. The third kappa shape index (κ3) is 17.0. The number of carbonyl (C=O) groups is 8. The fourth-order valence-electron chi connectivity index (χ4n) is 6.98. The second-order valence-electron chi connectivity index (χ2n) is 16.5. The first-order valence-corrected chi connectivity index (χ1v) is 25.3. The standard InChI is InChI=1S/C50H52Cl2N2O20S/c1-7-17-66-48(60)71-28(3)45(57)68-25-32(26-69-46(58)29(4)72-49(61)67-18-8-2)27-70-50(62)74-30(5)73-47(59)39(21-31-10-9-11-36(20-31)75(6,63)64)53-43(55)41-38(51)22-35-24-54(16-14-37(35)42(41)52)44(56)34-13-12-33-15-19-65-40(33)23-34/h7-13,15,19-20,22-23,28-30,32,39H,1-2,14,16-18,21,24-27H2,3-6H3,(H,53,55)/t28-,29-,30?,39+/m1/s1. The lowest BCUT2D eigenvalue weighted by Gasteiger charge is -2.30. The number of amides is 2. The molecule has 2 heterocycles. The molecule has 22 nitrogen and oxygen atoms in total. The summed E-state index contributed by atoms with van der Waals surface area (Å²) < 4.78 is 75.4. The quantitative estimate of drug-likeness (QED) is 0.0343. The highest BCUT2D eigenvalue weighted by atomic mass is 35.5. The third-order valence-electron chi connectivity index (χ3n) is 10.7. The van der Waals surface area contributed by atoms with Crippen LogP contribution in [0, 0.1) is 5.92 Å². The summed E-state index contributed by atoms with van der Waals surface area (Å²) in [6.45, 7) is 8.30. The molecule has 0 saturated carbocycles. The van der Waals surface area contributed by atoms with Gasteiger partial charge in [0.1, 0.15) is 44.7 Å². The number of esters is 3. The van der Waals surface area contributed by atoms with Gasteiger partial charge < -0.3 is 57.3 Å². The Bertz CT molecular complexity index is 2870. The van der Waals surface area contributed by atoms with Crippen LogP contribution in [0.1, 0.15) is 58.2 Å². The number of halogens is 2. The minimum atomic E-state index is -3.72. The van der Waals surface area contributed by atoms with Gasteiger partial charge in [-0.1, -0.05) is 66.7 Å². The van der Waals surface area contributed by atoms with Gasteiger partial charge in [-0.15, -0.1) is 0 Å². The van der Waals surface area contributed by atoms with Gasteiger partial charge in [0.15, 0.2) is 22.0 Å². The lowest BCUT2D eigenvalue weighted by Crippen LogP contribution is -2.45. The zero-order valence-electron chi connectivity index (χ0n) is 40.9. The number of fused-ring (bicyclic) bond motifs is 2. The Kier molecular flexibility index (Phi) is 21.0. The highest BCUT2D eigenvalue weighted by Gasteiger charge is 2.33. The Morgan fingerprint density at radius 1 is 0.760 bits per heavy atom. The SMILES string of the molecule is C=CCOC(=O)O[C@H](C)C(=O)OCC(COC(=O)OC(C)OC(=O)[C@H](Cc1cccc(S(C)(=O)=O)c1)NC(=O)c1c(Cl)cc2c(c1Cl)CCN(C(=O)c1ccc3ccoc3c1)C2)COC(=O)[C@@H](C)OC(=O)OCC=C. The van der Waals surface area contributed by atoms with E-state index in [1.807, 2.05) is 0 Å². The lowest BCUT2D eigenvalue weighted by atomic mass is 9.95. The van der Waals surface area contributed by atoms with Crippen molar-refractivity contribution in [3.05, 3.63) is 124 Å². The number of furan rings is 1. The van der Waals surface area contributed by atoms with E-state index in [9.17, 15) is 46.8 Å². The molecular weight excluding hydrogens is 1050 g/mol. The molecule has 2 amide bonds. The molecule has 3 aromatic carbocycles. The van der Waals surface area contributed by atoms with Crippen molar-refractivity contribution in [1.29, 1.82) is 0 Å². The molecule has 4 atom stereocenters. The van der Waals surface area contributed by atoms with Crippen LogP contribution in [-0.2, 0) is 86.2 Å². The number of hydrogen-bond acceptors (Lipinski definition) is 20. The molecular formula is C50H52Cl2N2O20S. The summed E-state index contributed by atoms with van der Waals surface area (Å²) in [6, 6.07) is 12.3. The number of benzene rings is 3. The molecule has 75 heavy (non-hydrogen) atoms. The van der Waals surface area contributed by atoms with Crippen LogP contribution in [0.25, 0.3) is 11.0 Å². The number of carbonyl (C=O) groups excluding carboxylic acids is 8. The summed E-state index contributed by atoms with van der Waals surface area (Å²) >= 11 is 13.6. The van der Waals surface area contributed by atoms with Crippen molar-refractivity contribution >= 4 is 92.2 Å². The van der Waals surface area contributed by atoms with Gasteiger partial charge in [-0.05, 0) is 73.4 Å². The van der Waals surface area contributed by atoms with Gasteiger partial charge >= 0.3 is 36.4 Å². The Labute approximate surface area is 439 Å². The van der Waals surface area contributed by atoms with E-state index in [2.05, 4.69) is 27.9 Å². The topological polar surface area (TPSA) is 282 Å². The van der Waals surface area contributed by atoms with Crippen molar-refractivity contribution < 1.29 is 93.8 Å². The van der Waals surface area contributed by atoms with Crippen molar-refractivity contribution in [3.8, 4) is 0 Å². The maximum absolute atomic E-state index is 14.1. The van der Waals surface area contributed by atoms with Gasteiger partial charge in [0.05, 0.1) is 32.7 Å². The summed E-state index contributed by atoms with van der Waals surface area (Å²) in [5, 5.41) is 3.23. The van der Waals surface area contributed by atoms with Crippen LogP contribution in [0.5, 0.6) is 0 Å². The molecule has 1 aromatic heterocycles. The highest BCUT2D eigenvalue weighted by Crippen LogP contribution is 2.35. The minimum Gasteiger partial charge on any atom is -0.464 e. The van der Waals surface area contributed by atoms with Crippen molar-refractivity contribution in [2.45, 2.75) is 69.6 Å². The van der Waals surface area contributed by atoms with Gasteiger partial charge in [0.25, 0.3) is 11.8 Å². The van der Waals surface area contributed by atoms with Gasteiger partial charge in [0, 0.05) is 43.6 Å². The van der Waals surface area contributed by atoms with Crippen molar-refractivity contribution in [3.63, 3.8) is 0 Å². The molecule has 5 rings (SSSR count). The average Bonchev–Trinajstić information content (AvgIpc) is 3.84. The van der Waals surface area contributed by atoms with Gasteiger partial charge in [-0.25, -0.2) is 37.2 Å². The summed E-state index contributed by atoms with van der Waals surface area (Å²) in [4.78, 5) is 105. The average molecular weight is 1100 g/mol. The Balaban J connectivity index is 1.26. The second-order valence-corrected chi connectivity index (χ2v) is 19.3. The number of nitrogens with zero attached hydrogens (tertiary/aromatic N) is 1. The van der Waals surface area contributed by atoms with Crippen molar-refractivity contribution in [1.82, 2.24) is 10.2 Å². The molecule has 1 unspecified atom stereocenters. The van der Waals surface area contributed by atoms with Crippen LogP contribution in [0.15, 0.2) is 95.5 Å². The smallest absolute Gasteiger partial charge is 0.464 e. The fourth-order valence-corrected chi connectivity index (χ4v) is 8.43. The Morgan fingerprint density at radius 3 is 1.99 bits per heavy atom. The van der Waals surface area contributed by atoms with Crippen LogP contribution in [0.4, 0.5) is 14.4 Å². The third-order valence-corrected chi connectivity index (χ3v) is 12.6. The zero-order valence-corrected chi connectivity index (χ0v) is 43.2. The van der Waals surface area contributed by atoms with E-state index < -0.39 is 102 Å². The van der Waals surface area contributed by atoms with E-state index in [1.54, 1.807) is 29.2 Å². The highest BCUT2D eigenvalue weighted by molar-refractivity contribution is 7.90. The first-order chi connectivity index (χ1) is 35.6. The molecule has 402 valence electrons. The number of ether oxygens (including phenoxy) is 9. The minimum absolute atomic E-state index is 0.0359. The van der Waals surface area contributed by atoms with Crippen molar-refractivity contribution in [2.75, 3.05) is 45.8 Å². The molecule has 0 saturated heterocycles. The molecule has 4 aromatic rings. The predicted octanol–water partition coefficient (Wildman–Crippen LogP) is 6.88. The fraction of sp³-hybridized carbons (Fsp3) is 0.360. The van der Waals surface area contributed by atoms with E-state index in [-0.39, 0.29) is 71.1 Å². The van der Waals surface area contributed by atoms with Gasteiger partial charge in [0.2, 0.25) is 6.29 Å². The monoisotopic (exact) mass is 1100 g/mol. The second kappa shape index (κ2) is 27.1. The van der Waals surface area contributed by atoms with Crippen LogP contribution < -0.4 is 5.32 Å².